The summed E-state index contributed by atoms with van der Waals surface area (Å²) in [6.07, 6.45) is 5.74. The third kappa shape index (κ3) is 7.76. The molecule has 2 unspecified atom stereocenters. The van der Waals surface area contributed by atoms with Crippen LogP contribution in [0, 0.1) is 5.92 Å². The normalized spacial score (nSPS) is 15.8. The number of nitrogens with one attached hydrogen (secondary N) is 2. The molecule has 2 N–H and O–H groups in total. The minimum Gasteiger partial charge on any atom is -0.453 e. The van der Waals surface area contributed by atoms with Crippen molar-refractivity contribution in [1.29, 1.82) is 0 Å². The molecule has 0 saturated carbocycles. The Labute approximate surface area is 264 Å². The highest BCUT2D eigenvalue weighted by molar-refractivity contribution is 6.32. The number of benzene rings is 2. The fourth-order valence-corrected chi connectivity index (χ4v) is 5.55. The molecule has 0 bridgehead atoms. The van der Waals surface area contributed by atoms with Crippen molar-refractivity contribution in [3.8, 4) is 16.8 Å². The first-order chi connectivity index (χ1) is 21.3. The summed E-state index contributed by atoms with van der Waals surface area (Å²) >= 11 is 12.7. The van der Waals surface area contributed by atoms with Gasteiger partial charge in [0.2, 0.25) is 5.91 Å². The van der Waals surface area contributed by atoms with Crippen molar-refractivity contribution in [2.75, 3.05) is 32.1 Å². The lowest BCUT2D eigenvalue weighted by Gasteiger charge is -2.22. The molecule has 2 aromatic carbocycles. The number of nitrogens with zero attached hydrogens (tertiary/aromatic N) is 7. The van der Waals surface area contributed by atoms with Gasteiger partial charge in [-0.2, -0.15) is 9.78 Å². The number of tetrazole rings is 1. The summed E-state index contributed by atoms with van der Waals surface area (Å²) < 4.78 is 6.15. The van der Waals surface area contributed by atoms with E-state index in [1.165, 1.54) is 24.2 Å². The second kappa shape index (κ2) is 14.4. The van der Waals surface area contributed by atoms with Gasteiger partial charge < -0.3 is 15.0 Å². The summed E-state index contributed by atoms with van der Waals surface area (Å²) in [5, 5.41) is 26.5. The van der Waals surface area contributed by atoms with Crippen LogP contribution in [0.25, 0.3) is 22.9 Å². The average molecular weight is 637 g/mol. The molecular weight excluding hydrogens is 605 g/mol. The van der Waals surface area contributed by atoms with Crippen molar-refractivity contribution in [3.05, 3.63) is 82.4 Å². The van der Waals surface area contributed by atoms with Crippen LogP contribution in [0.4, 0.5) is 10.5 Å². The monoisotopic (exact) mass is 635 g/mol. The Morgan fingerprint density at radius 1 is 1.14 bits per heavy atom. The zero-order chi connectivity index (χ0) is 31.1. The number of likely N-dealkylation sites (tertiary alicyclic amines) is 1. The Hall–Kier alpha value is -4.39. The maximum Gasteiger partial charge on any atom is 0.411 e. The minimum atomic E-state index is -0.563. The summed E-state index contributed by atoms with van der Waals surface area (Å²) in [5.41, 5.74) is 3.94. The lowest BCUT2D eigenvalue weighted by Crippen LogP contribution is -2.30. The molecule has 2 atom stereocenters. The van der Waals surface area contributed by atoms with Gasteiger partial charge in [-0.1, -0.05) is 42.3 Å². The van der Waals surface area contributed by atoms with E-state index >= 15 is 0 Å². The summed E-state index contributed by atoms with van der Waals surface area (Å²) in [7, 11) is 1.30. The number of aromatic nitrogens is 6. The van der Waals surface area contributed by atoms with E-state index in [2.05, 4.69) is 52.9 Å². The van der Waals surface area contributed by atoms with Crippen LogP contribution in [-0.2, 0) is 9.53 Å². The molecule has 1 aliphatic rings. The van der Waals surface area contributed by atoms with Crippen LogP contribution in [0.15, 0.2) is 60.9 Å². The highest BCUT2D eigenvalue weighted by Gasteiger charge is 2.27. The van der Waals surface area contributed by atoms with Crippen LogP contribution >= 0.6 is 23.2 Å². The first-order valence-electron chi connectivity index (χ1n) is 14.0. The van der Waals surface area contributed by atoms with Crippen molar-refractivity contribution >= 4 is 47.0 Å². The van der Waals surface area contributed by atoms with Crippen molar-refractivity contribution in [2.45, 2.75) is 25.8 Å². The molecule has 14 heteroatoms. The summed E-state index contributed by atoms with van der Waals surface area (Å²) in [6, 6.07) is 13.8. The van der Waals surface area contributed by atoms with E-state index < -0.39 is 12.1 Å². The fraction of sp³-hybridized carbons (Fsp3) is 0.300. The standard InChI is InChI=1S/C30H31Cl2N9O3/c1-3-40-13-12-19(17-40)14-25(35-28(42)11-6-21-15-22(31)7-10-27(21)41-18-33-38-39-41)26-16-24(29(32)37-36-26)20-4-8-23(9-5-20)34-30(43)44-2/h4-11,15-16,18-19,25H,3,12-14,17H2,1-2H3,(H,34,43)(H,35,42)/b11-6+. The molecule has 44 heavy (non-hydrogen) atoms. The van der Waals surface area contributed by atoms with E-state index in [-0.39, 0.29) is 11.1 Å². The van der Waals surface area contributed by atoms with Crippen LogP contribution in [0.1, 0.15) is 37.1 Å². The number of hydrogen-bond acceptors (Lipinski definition) is 9. The molecule has 0 spiro atoms. The molecule has 5 rings (SSSR count). The molecule has 4 aromatic rings. The molecule has 2 aromatic heterocycles. The van der Waals surface area contributed by atoms with Gasteiger partial charge in [0.15, 0.2) is 5.15 Å². The smallest absolute Gasteiger partial charge is 0.411 e. The fourth-order valence-electron chi connectivity index (χ4n) is 5.17. The molecule has 1 saturated heterocycles. The van der Waals surface area contributed by atoms with Gasteiger partial charge in [0.1, 0.15) is 6.33 Å². The largest absolute Gasteiger partial charge is 0.453 e. The van der Waals surface area contributed by atoms with Crippen LogP contribution in [0.5, 0.6) is 0 Å². The first-order valence-corrected chi connectivity index (χ1v) is 14.8. The lowest BCUT2D eigenvalue weighted by molar-refractivity contribution is -0.117. The number of halogens is 2. The maximum atomic E-state index is 13.3. The van der Waals surface area contributed by atoms with E-state index in [1.54, 1.807) is 36.4 Å². The quantitative estimate of drug-likeness (QED) is 0.225. The van der Waals surface area contributed by atoms with Gasteiger partial charge in [0.05, 0.1) is 24.5 Å². The van der Waals surface area contributed by atoms with E-state index in [0.717, 1.165) is 31.6 Å². The van der Waals surface area contributed by atoms with E-state index in [0.29, 0.717) is 45.6 Å². The Bertz CT molecular complexity index is 1630. The Morgan fingerprint density at radius 2 is 1.95 bits per heavy atom. The third-order valence-electron chi connectivity index (χ3n) is 7.45. The third-order valence-corrected chi connectivity index (χ3v) is 7.97. The second-order valence-electron chi connectivity index (χ2n) is 10.3. The number of anilines is 1. The van der Waals surface area contributed by atoms with E-state index in [1.807, 2.05) is 18.2 Å². The summed E-state index contributed by atoms with van der Waals surface area (Å²) in [5.74, 6) is 0.0627. The predicted octanol–water partition coefficient (Wildman–Crippen LogP) is 5.21. The summed E-state index contributed by atoms with van der Waals surface area (Å²) in [6.45, 7) is 5.08. The van der Waals surface area contributed by atoms with E-state index in [4.69, 9.17) is 23.2 Å². The minimum absolute atomic E-state index is 0.224. The van der Waals surface area contributed by atoms with Gasteiger partial charge in [-0.25, -0.2) is 4.79 Å². The van der Waals surface area contributed by atoms with E-state index in [9.17, 15) is 9.59 Å². The van der Waals surface area contributed by atoms with Crippen LogP contribution in [0.2, 0.25) is 10.2 Å². The van der Waals surface area contributed by atoms with Gasteiger partial charge in [-0.05, 0) is 90.3 Å². The SMILES string of the molecule is CCN1CCC(CC(NC(=O)/C=C/c2cc(Cl)ccc2-n2cnnn2)c2cc(-c3ccc(NC(=O)OC)cc3)c(Cl)nn2)C1. The Kier molecular flexibility index (Phi) is 10.2. The number of carbonyl (C=O) groups is 2. The number of rotatable bonds is 10. The molecule has 2 amide bonds. The number of methoxy groups -OCH3 is 1. The molecule has 228 valence electrons. The maximum absolute atomic E-state index is 13.3. The second-order valence-corrected chi connectivity index (χ2v) is 11.1. The zero-order valence-electron chi connectivity index (χ0n) is 24.2. The number of hydrogen-bond donors (Lipinski definition) is 2. The predicted molar refractivity (Wildman–Crippen MR) is 167 cm³/mol. The zero-order valence-corrected chi connectivity index (χ0v) is 25.7. The average Bonchev–Trinajstić information content (AvgIpc) is 3.73. The number of carbonyl (C=O) groups excluding carboxylic acids is 2. The van der Waals surface area contributed by atoms with Crippen molar-refractivity contribution in [2.24, 2.45) is 5.92 Å². The Balaban J connectivity index is 1.40. The first kappa shape index (κ1) is 31.0. The van der Waals surface area contributed by atoms with Crippen LogP contribution in [0.3, 0.4) is 0 Å². The van der Waals surface area contributed by atoms with Gasteiger partial charge in [-0.15, -0.1) is 10.2 Å². The topological polar surface area (TPSA) is 140 Å². The molecule has 0 radical (unpaired) electrons. The van der Waals surface area contributed by atoms with Crippen molar-refractivity contribution < 1.29 is 14.3 Å². The number of ether oxygens (including phenoxy) is 1. The molecule has 1 aliphatic heterocycles. The van der Waals surface area contributed by atoms with Crippen molar-refractivity contribution in [3.63, 3.8) is 0 Å². The van der Waals surface area contributed by atoms with Crippen LogP contribution < -0.4 is 10.6 Å². The molecule has 12 nitrogen and oxygen atoms in total. The van der Waals surface area contributed by atoms with Gasteiger partial charge in [0.25, 0.3) is 0 Å². The lowest BCUT2D eigenvalue weighted by atomic mass is 9.95. The highest BCUT2D eigenvalue weighted by atomic mass is 35.5. The highest BCUT2D eigenvalue weighted by Crippen LogP contribution is 2.32. The number of amides is 2. The molecule has 0 aliphatic carbocycles. The Morgan fingerprint density at radius 3 is 2.66 bits per heavy atom. The van der Waals surface area contributed by atoms with Crippen molar-refractivity contribution in [1.82, 2.24) is 40.6 Å². The van der Waals surface area contributed by atoms with Gasteiger partial charge in [0, 0.05) is 34.5 Å². The summed E-state index contributed by atoms with van der Waals surface area (Å²) in [4.78, 5) is 27.3. The van der Waals surface area contributed by atoms with Gasteiger partial charge in [-0.3, -0.25) is 10.1 Å². The van der Waals surface area contributed by atoms with Crippen LogP contribution in [-0.4, -0.2) is 74.0 Å². The molecule has 3 heterocycles. The molecular formula is C30H31Cl2N9O3. The molecule has 1 fully saturated rings. The van der Waals surface area contributed by atoms with Gasteiger partial charge >= 0.3 is 6.09 Å².